The lowest BCUT2D eigenvalue weighted by Gasteiger charge is -2.29. The molecule has 1 amide bonds. The van der Waals surface area contributed by atoms with E-state index in [4.69, 9.17) is 0 Å². The fourth-order valence-corrected chi connectivity index (χ4v) is 5.26. The molecule has 1 aliphatic heterocycles. The summed E-state index contributed by atoms with van der Waals surface area (Å²) >= 11 is 0. The van der Waals surface area contributed by atoms with E-state index in [0.717, 1.165) is 41.6 Å². The molecule has 2 aromatic rings. The van der Waals surface area contributed by atoms with Crippen molar-refractivity contribution in [3.8, 4) is 0 Å². The average Bonchev–Trinajstić information content (AvgIpc) is 2.70. The zero-order chi connectivity index (χ0) is 21.2. The number of aryl methyl sites for hydroxylation is 3. The van der Waals surface area contributed by atoms with Crippen LogP contribution in [0.15, 0.2) is 41.3 Å². The first-order valence-electron chi connectivity index (χ1n) is 10.2. The zero-order valence-corrected chi connectivity index (χ0v) is 18.5. The van der Waals surface area contributed by atoms with Gasteiger partial charge in [0.1, 0.15) is 0 Å². The molecule has 6 heteroatoms. The summed E-state index contributed by atoms with van der Waals surface area (Å²) in [6, 6.07) is 10.8. The number of benzene rings is 2. The first kappa shape index (κ1) is 21.5. The summed E-state index contributed by atoms with van der Waals surface area (Å²) in [6.07, 6.45) is 2.54. The van der Waals surface area contributed by atoms with Crippen LogP contribution in [0.5, 0.6) is 0 Å². The molecule has 2 aromatic carbocycles. The van der Waals surface area contributed by atoms with Crippen LogP contribution in [0.25, 0.3) is 0 Å². The van der Waals surface area contributed by atoms with Crippen LogP contribution in [-0.2, 0) is 16.4 Å². The van der Waals surface area contributed by atoms with Crippen molar-refractivity contribution in [1.29, 1.82) is 0 Å². The van der Waals surface area contributed by atoms with Gasteiger partial charge in [0.2, 0.25) is 10.0 Å². The van der Waals surface area contributed by atoms with Gasteiger partial charge in [-0.2, -0.15) is 4.31 Å². The molecule has 0 radical (unpaired) electrons. The first-order valence-corrected chi connectivity index (χ1v) is 11.7. The highest BCUT2D eigenvalue weighted by Gasteiger charge is 2.29. The van der Waals surface area contributed by atoms with Crippen molar-refractivity contribution in [2.24, 2.45) is 5.92 Å². The quantitative estimate of drug-likeness (QED) is 0.781. The molecule has 1 heterocycles. The second-order valence-electron chi connectivity index (χ2n) is 7.98. The number of hydrogen-bond acceptors (Lipinski definition) is 3. The van der Waals surface area contributed by atoms with Gasteiger partial charge in [0.05, 0.1) is 4.90 Å². The molecule has 1 N–H and O–H groups in total. The van der Waals surface area contributed by atoms with Crippen molar-refractivity contribution in [2.75, 3.05) is 18.4 Å². The number of para-hydroxylation sites is 1. The first-order chi connectivity index (χ1) is 13.7. The van der Waals surface area contributed by atoms with Gasteiger partial charge in [-0.05, 0) is 67.9 Å². The number of carbonyl (C=O) groups is 1. The molecule has 0 bridgehead atoms. The summed E-state index contributed by atoms with van der Waals surface area (Å²) in [4.78, 5) is 13.2. The van der Waals surface area contributed by atoms with Gasteiger partial charge in [0.25, 0.3) is 5.91 Å². The molecule has 1 fully saturated rings. The highest BCUT2D eigenvalue weighted by molar-refractivity contribution is 7.89. The fraction of sp³-hybridized carbons (Fsp3) is 0.435. The van der Waals surface area contributed by atoms with E-state index < -0.39 is 10.0 Å². The molecule has 156 valence electrons. The van der Waals surface area contributed by atoms with Crippen LogP contribution in [0.4, 0.5) is 5.69 Å². The number of piperidine rings is 1. The molecule has 29 heavy (non-hydrogen) atoms. The van der Waals surface area contributed by atoms with Crippen LogP contribution in [0.1, 0.15) is 53.7 Å². The Morgan fingerprint density at radius 2 is 1.79 bits per heavy atom. The summed E-state index contributed by atoms with van der Waals surface area (Å²) in [5, 5.41) is 3.00. The highest BCUT2D eigenvalue weighted by atomic mass is 32.2. The number of rotatable bonds is 5. The number of anilines is 1. The van der Waals surface area contributed by atoms with Crippen molar-refractivity contribution in [3.63, 3.8) is 0 Å². The summed E-state index contributed by atoms with van der Waals surface area (Å²) in [6.45, 7) is 9.03. The van der Waals surface area contributed by atoms with E-state index in [-0.39, 0.29) is 10.8 Å². The minimum Gasteiger partial charge on any atom is -0.321 e. The van der Waals surface area contributed by atoms with Crippen molar-refractivity contribution in [2.45, 2.75) is 51.9 Å². The molecule has 0 atom stereocenters. The largest absolute Gasteiger partial charge is 0.321 e. The summed E-state index contributed by atoms with van der Waals surface area (Å²) in [5.74, 6) is 0.262. The fourth-order valence-electron chi connectivity index (χ4n) is 3.76. The van der Waals surface area contributed by atoms with Gasteiger partial charge < -0.3 is 5.32 Å². The lowest BCUT2D eigenvalue weighted by Crippen LogP contribution is -2.38. The number of carbonyl (C=O) groups excluding carboxylic acids is 1. The molecule has 0 unspecified atom stereocenters. The molecule has 5 nitrogen and oxygen atoms in total. The van der Waals surface area contributed by atoms with Crippen LogP contribution in [0, 0.1) is 19.8 Å². The number of nitrogens with one attached hydrogen (secondary N) is 1. The summed E-state index contributed by atoms with van der Waals surface area (Å²) in [7, 11) is -3.60. The van der Waals surface area contributed by atoms with Gasteiger partial charge in [0, 0.05) is 24.3 Å². The van der Waals surface area contributed by atoms with Crippen LogP contribution < -0.4 is 5.32 Å². The Bertz CT molecular complexity index is 1010. The molecule has 1 saturated heterocycles. The molecule has 0 aliphatic carbocycles. The van der Waals surface area contributed by atoms with Crippen LogP contribution in [-0.4, -0.2) is 31.7 Å². The lowest BCUT2D eigenvalue weighted by atomic mass is 10.0. The van der Waals surface area contributed by atoms with E-state index >= 15 is 0 Å². The third kappa shape index (κ3) is 4.54. The number of nitrogens with zero attached hydrogens (tertiary/aromatic N) is 1. The van der Waals surface area contributed by atoms with Gasteiger partial charge >= 0.3 is 0 Å². The normalized spacial score (nSPS) is 16.0. The Hall–Kier alpha value is -2.18. The molecule has 0 spiro atoms. The maximum atomic E-state index is 13.1. The smallest absolute Gasteiger partial charge is 0.255 e. The minimum atomic E-state index is -3.60. The standard InChI is InChI=1S/C23H30N2O3S/c1-5-19-8-6-7-18(4)22(19)24-23(26)21-15-20(10-9-17(21)3)29(27,28)25-13-11-16(2)12-14-25/h6-10,15-16H,5,11-14H2,1-4H3,(H,24,26). The second kappa shape index (κ2) is 8.67. The minimum absolute atomic E-state index is 0.184. The Balaban J connectivity index is 1.91. The molecule has 0 saturated carbocycles. The number of amides is 1. The third-order valence-electron chi connectivity index (χ3n) is 5.81. The van der Waals surface area contributed by atoms with E-state index in [2.05, 4.69) is 12.2 Å². The number of sulfonamides is 1. The monoisotopic (exact) mass is 414 g/mol. The zero-order valence-electron chi connectivity index (χ0n) is 17.7. The second-order valence-corrected chi connectivity index (χ2v) is 9.92. The van der Waals surface area contributed by atoms with E-state index in [1.54, 1.807) is 12.1 Å². The van der Waals surface area contributed by atoms with E-state index in [1.807, 2.05) is 39.0 Å². The summed E-state index contributed by atoms with van der Waals surface area (Å²) in [5.41, 5.74) is 3.99. The van der Waals surface area contributed by atoms with Crippen molar-refractivity contribution in [1.82, 2.24) is 4.31 Å². The Morgan fingerprint density at radius 1 is 1.10 bits per heavy atom. The SMILES string of the molecule is CCc1cccc(C)c1NC(=O)c1cc(S(=O)(=O)N2CCC(C)CC2)ccc1C. The predicted octanol–water partition coefficient (Wildman–Crippen LogP) is 4.54. The maximum absolute atomic E-state index is 13.1. The van der Waals surface area contributed by atoms with Crippen LogP contribution in [0.3, 0.4) is 0 Å². The van der Waals surface area contributed by atoms with Crippen molar-refractivity contribution >= 4 is 21.6 Å². The Morgan fingerprint density at radius 3 is 2.45 bits per heavy atom. The van der Waals surface area contributed by atoms with Crippen molar-refractivity contribution < 1.29 is 13.2 Å². The van der Waals surface area contributed by atoms with Crippen molar-refractivity contribution in [3.05, 3.63) is 58.7 Å². The molecular weight excluding hydrogens is 384 g/mol. The van der Waals surface area contributed by atoms with Gasteiger partial charge in [0.15, 0.2) is 0 Å². The molecular formula is C23H30N2O3S. The van der Waals surface area contributed by atoms with Gasteiger partial charge in [-0.3, -0.25) is 4.79 Å². The molecule has 0 aromatic heterocycles. The third-order valence-corrected chi connectivity index (χ3v) is 7.71. The molecule has 3 rings (SSSR count). The van der Waals surface area contributed by atoms with Gasteiger partial charge in [-0.15, -0.1) is 0 Å². The Labute approximate surface area is 174 Å². The predicted molar refractivity (Wildman–Crippen MR) is 117 cm³/mol. The van der Waals surface area contributed by atoms with Crippen LogP contribution >= 0.6 is 0 Å². The van der Waals surface area contributed by atoms with E-state index in [1.165, 1.54) is 10.4 Å². The summed E-state index contributed by atoms with van der Waals surface area (Å²) < 4.78 is 27.7. The highest BCUT2D eigenvalue weighted by Crippen LogP contribution is 2.26. The van der Waals surface area contributed by atoms with Gasteiger partial charge in [-0.25, -0.2) is 8.42 Å². The molecule has 1 aliphatic rings. The van der Waals surface area contributed by atoms with E-state index in [9.17, 15) is 13.2 Å². The number of hydrogen-bond donors (Lipinski definition) is 1. The van der Waals surface area contributed by atoms with E-state index in [0.29, 0.717) is 24.6 Å². The van der Waals surface area contributed by atoms with Gasteiger partial charge in [-0.1, -0.05) is 38.1 Å². The maximum Gasteiger partial charge on any atom is 0.255 e. The average molecular weight is 415 g/mol. The Kier molecular flexibility index (Phi) is 6.44. The lowest BCUT2D eigenvalue weighted by molar-refractivity contribution is 0.102. The topological polar surface area (TPSA) is 66.5 Å². The van der Waals surface area contributed by atoms with Crippen LogP contribution in [0.2, 0.25) is 0 Å².